The van der Waals surface area contributed by atoms with Crippen LogP contribution in [0.3, 0.4) is 0 Å². The average Bonchev–Trinajstić information content (AvgIpc) is 3.39. The average molecular weight is 410 g/mol. The molecular formula is C16H18F4N2O4S. The van der Waals surface area contributed by atoms with E-state index in [0.717, 1.165) is 16.6 Å². The number of rotatable bonds is 6. The van der Waals surface area contributed by atoms with Crippen LogP contribution in [0.25, 0.3) is 0 Å². The highest BCUT2D eigenvalue weighted by molar-refractivity contribution is 7.88. The highest BCUT2D eigenvalue weighted by atomic mass is 32.2. The minimum atomic E-state index is -4.90. The molecule has 2 aliphatic rings. The minimum absolute atomic E-state index is 0.0523. The lowest BCUT2D eigenvalue weighted by molar-refractivity contribution is -0.140. The van der Waals surface area contributed by atoms with Gasteiger partial charge in [0.2, 0.25) is 10.0 Å². The Morgan fingerprint density at radius 1 is 1.26 bits per heavy atom. The Morgan fingerprint density at radius 2 is 1.85 bits per heavy atom. The fourth-order valence-corrected chi connectivity index (χ4v) is 4.72. The van der Waals surface area contributed by atoms with Crippen molar-refractivity contribution in [3.63, 3.8) is 0 Å². The predicted octanol–water partition coefficient (Wildman–Crippen LogP) is 2.72. The lowest BCUT2D eigenvalue weighted by atomic mass is 10.0. The third-order valence-electron chi connectivity index (χ3n) is 4.97. The number of ether oxygens (including phenoxy) is 1. The number of primary amides is 1. The molecule has 150 valence electrons. The van der Waals surface area contributed by atoms with Gasteiger partial charge in [0.25, 0.3) is 0 Å². The van der Waals surface area contributed by atoms with Crippen molar-refractivity contribution in [1.82, 2.24) is 4.31 Å². The van der Waals surface area contributed by atoms with Gasteiger partial charge in [-0.15, -0.1) is 0 Å². The standard InChI is InChI=1S/C16H18F4N2O4S/c1-27(24,25)22(9-14(4-5-14)26-13(21)23)15(6-7-15)10-2-3-12(17)11(8-10)16(18,19)20/h2-3,8H,4-7,9H2,1H3,(H2,21,23). The third-order valence-corrected chi connectivity index (χ3v) is 6.25. The van der Waals surface area contributed by atoms with Crippen LogP contribution in [0.1, 0.15) is 36.8 Å². The maximum Gasteiger partial charge on any atom is 0.419 e. The van der Waals surface area contributed by atoms with Crippen LogP contribution in [0.15, 0.2) is 18.2 Å². The molecule has 27 heavy (non-hydrogen) atoms. The van der Waals surface area contributed by atoms with E-state index in [1.54, 1.807) is 0 Å². The Labute approximate surface area is 153 Å². The van der Waals surface area contributed by atoms with E-state index in [0.29, 0.717) is 25.0 Å². The number of halogens is 4. The molecule has 11 heteroatoms. The molecule has 2 fully saturated rings. The van der Waals surface area contributed by atoms with Crippen molar-refractivity contribution in [2.45, 2.75) is 43.0 Å². The Balaban J connectivity index is 2.00. The summed E-state index contributed by atoms with van der Waals surface area (Å²) in [6.07, 6.45) is -3.68. The summed E-state index contributed by atoms with van der Waals surface area (Å²) >= 11 is 0. The van der Waals surface area contributed by atoms with E-state index in [9.17, 15) is 30.8 Å². The number of nitrogens with zero attached hydrogens (tertiary/aromatic N) is 1. The Morgan fingerprint density at radius 3 is 2.26 bits per heavy atom. The highest BCUT2D eigenvalue weighted by Crippen LogP contribution is 2.55. The van der Waals surface area contributed by atoms with Gasteiger partial charge in [0.15, 0.2) is 0 Å². The van der Waals surface area contributed by atoms with Crippen molar-refractivity contribution in [3.8, 4) is 0 Å². The predicted molar refractivity (Wildman–Crippen MR) is 86.5 cm³/mol. The zero-order valence-electron chi connectivity index (χ0n) is 14.3. The summed E-state index contributed by atoms with van der Waals surface area (Å²) in [7, 11) is -3.87. The zero-order valence-corrected chi connectivity index (χ0v) is 15.2. The van der Waals surface area contributed by atoms with Crippen molar-refractivity contribution in [1.29, 1.82) is 0 Å². The van der Waals surface area contributed by atoms with Crippen molar-refractivity contribution in [3.05, 3.63) is 35.1 Å². The number of alkyl halides is 3. The van der Waals surface area contributed by atoms with E-state index in [4.69, 9.17) is 10.5 Å². The molecular weight excluding hydrogens is 392 g/mol. The molecule has 1 aromatic rings. The molecule has 0 unspecified atom stereocenters. The molecule has 0 radical (unpaired) electrons. The van der Waals surface area contributed by atoms with Gasteiger partial charge in [0, 0.05) is 0 Å². The fourth-order valence-electron chi connectivity index (χ4n) is 3.33. The van der Waals surface area contributed by atoms with Crippen molar-refractivity contribution < 1.29 is 35.5 Å². The second-order valence-corrected chi connectivity index (χ2v) is 9.00. The molecule has 6 nitrogen and oxygen atoms in total. The van der Waals surface area contributed by atoms with Gasteiger partial charge in [0.05, 0.1) is 23.9 Å². The molecule has 0 atom stereocenters. The van der Waals surface area contributed by atoms with Gasteiger partial charge in [-0.1, -0.05) is 6.07 Å². The van der Waals surface area contributed by atoms with Gasteiger partial charge in [0.1, 0.15) is 11.4 Å². The quantitative estimate of drug-likeness (QED) is 0.731. The highest BCUT2D eigenvalue weighted by Gasteiger charge is 2.59. The van der Waals surface area contributed by atoms with Crippen molar-refractivity contribution in [2.75, 3.05) is 12.8 Å². The zero-order chi connectivity index (χ0) is 20.3. The number of hydrogen-bond acceptors (Lipinski definition) is 4. The number of carbonyl (C=O) groups excluding carboxylic acids is 1. The molecule has 0 heterocycles. The van der Waals surface area contributed by atoms with Crippen molar-refractivity contribution >= 4 is 16.1 Å². The Kier molecular flexibility index (Phi) is 4.46. The smallest absolute Gasteiger partial charge is 0.419 e. The van der Waals surface area contributed by atoms with E-state index < -0.39 is 44.8 Å². The first-order valence-corrected chi connectivity index (χ1v) is 9.98. The van der Waals surface area contributed by atoms with Gasteiger partial charge in [-0.2, -0.15) is 17.5 Å². The molecule has 3 rings (SSSR count). The normalized spacial score (nSPS) is 20.4. The SMILES string of the molecule is CS(=O)(=O)N(CC1(OC(N)=O)CC1)C1(c2ccc(F)c(C(F)(F)F)c2)CC1. The topological polar surface area (TPSA) is 89.7 Å². The summed E-state index contributed by atoms with van der Waals surface area (Å²) in [5.41, 5.74) is 1.33. The van der Waals surface area contributed by atoms with E-state index in [1.807, 2.05) is 0 Å². The first kappa shape index (κ1) is 19.9. The van der Waals surface area contributed by atoms with Crippen LogP contribution in [0.4, 0.5) is 22.4 Å². The first-order valence-electron chi connectivity index (χ1n) is 8.13. The monoisotopic (exact) mass is 410 g/mol. The number of amides is 1. The minimum Gasteiger partial charge on any atom is -0.442 e. The second kappa shape index (κ2) is 6.06. The maximum atomic E-state index is 13.6. The van der Waals surface area contributed by atoms with E-state index >= 15 is 0 Å². The van der Waals surface area contributed by atoms with Gasteiger partial charge < -0.3 is 10.5 Å². The lowest BCUT2D eigenvalue weighted by Crippen LogP contribution is -2.46. The van der Waals surface area contributed by atoms with Crippen LogP contribution in [0, 0.1) is 5.82 Å². The number of carbonyl (C=O) groups is 1. The lowest BCUT2D eigenvalue weighted by Gasteiger charge is -2.33. The third kappa shape index (κ3) is 3.88. The molecule has 0 spiro atoms. The summed E-state index contributed by atoms with van der Waals surface area (Å²) in [4.78, 5) is 11.1. The summed E-state index contributed by atoms with van der Waals surface area (Å²) in [5.74, 6) is -1.43. The Hall–Kier alpha value is -1.88. The maximum absolute atomic E-state index is 13.6. The summed E-state index contributed by atoms with van der Waals surface area (Å²) in [6.45, 7) is -0.215. The van der Waals surface area contributed by atoms with Gasteiger partial charge >= 0.3 is 12.3 Å². The molecule has 0 aliphatic heterocycles. The second-order valence-electron chi connectivity index (χ2n) is 7.10. The first-order chi connectivity index (χ1) is 12.3. The van der Waals surface area contributed by atoms with Crippen LogP contribution < -0.4 is 5.73 Å². The van der Waals surface area contributed by atoms with Gasteiger partial charge in [-0.25, -0.2) is 17.6 Å². The molecule has 2 saturated carbocycles. The van der Waals surface area contributed by atoms with Gasteiger partial charge in [-0.3, -0.25) is 0 Å². The Bertz CT molecular complexity index is 877. The molecule has 0 saturated heterocycles. The number of hydrogen-bond donors (Lipinski definition) is 1. The summed E-state index contributed by atoms with van der Waals surface area (Å²) in [6, 6.07) is 2.49. The summed E-state index contributed by atoms with van der Waals surface area (Å²) in [5, 5.41) is 0. The number of sulfonamides is 1. The number of benzene rings is 1. The van der Waals surface area contributed by atoms with E-state index in [-0.39, 0.29) is 24.9 Å². The van der Waals surface area contributed by atoms with Crippen LogP contribution in [0.5, 0.6) is 0 Å². The number of nitrogens with two attached hydrogens (primary N) is 1. The molecule has 0 bridgehead atoms. The van der Waals surface area contributed by atoms with E-state index in [2.05, 4.69) is 0 Å². The summed E-state index contributed by atoms with van der Waals surface area (Å²) < 4.78 is 83.6. The molecule has 0 aromatic heterocycles. The van der Waals surface area contributed by atoms with Crippen LogP contribution in [-0.4, -0.2) is 37.2 Å². The molecule has 2 N–H and O–H groups in total. The van der Waals surface area contributed by atoms with Gasteiger partial charge in [-0.05, 0) is 43.4 Å². The molecule has 1 aromatic carbocycles. The van der Waals surface area contributed by atoms with E-state index in [1.165, 1.54) is 0 Å². The molecule has 1 amide bonds. The van der Waals surface area contributed by atoms with Crippen LogP contribution in [0.2, 0.25) is 0 Å². The van der Waals surface area contributed by atoms with Crippen molar-refractivity contribution in [2.24, 2.45) is 5.73 Å². The largest absolute Gasteiger partial charge is 0.442 e. The molecule has 2 aliphatic carbocycles. The fraction of sp³-hybridized carbons (Fsp3) is 0.562. The van der Waals surface area contributed by atoms with Crippen LogP contribution >= 0.6 is 0 Å². The van der Waals surface area contributed by atoms with Crippen LogP contribution in [-0.2, 0) is 26.5 Å².